The van der Waals surface area contributed by atoms with Gasteiger partial charge in [-0.15, -0.1) is 11.8 Å². The fourth-order valence-electron chi connectivity index (χ4n) is 1.51. The average molecular weight is 302 g/mol. The maximum absolute atomic E-state index is 4.29. The van der Waals surface area contributed by atoms with Gasteiger partial charge < -0.3 is 0 Å². The van der Waals surface area contributed by atoms with Gasteiger partial charge in [0, 0.05) is 11.5 Å². The number of hydrogen-bond acceptors (Lipinski definition) is 2. The van der Waals surface area contributed by atoms with Crippen molar-refractivity contribution in [2.75, 3.05) is 11.1 Å². The summed E-state index contributed by atoms with van der Waals surface area (Å²) < 4.78 is 0. The zero-order valence-electron chi connectivity index (χ0n) is 9.70. The van der Waals surface area contributed by atoms with Crippen molar-refractivity contribution in [2.24, 2.45) is 0 Å². The number of nitrogens with zero attached hydrogens (tertiary/aromatic N) is 1. The molecule has 1 nitrogen and oxygen atoms in total. The second kappa shape index (κ2) is 10.2. The fourth-order valence-corrected chi connectivity index (χ4v) is 2.78. The molecule has 0 aliphatic rings. The Bertz CT molecular complexity index is 253. The van der Waals surface area contributed by atoms with E-state index in [0.29, 0.717) is 0 Å². The average Bonchev–Trinajstić information content (AvgIpc) is 2.34. The highest BCUT2D eigenvalue weighted by Crippen LogP contribution is 2.17. The summed E-state index contributed by atoms with van der Waals surface area (Å²) in [5.41, 5.74) is 0. The van der Waals surface area contributed by atoms with E-state index < -0.39 is 0 Å². The summed E-state index contributed by atoms with van der Waals surface area (Å²) in [6.45, 7) is 0. The van der Waals surface area contributed by atoms with E-state index >= 15 is 0 Å². The van der Waals surface area contributed by atoms with E-state index in [0.717, 1.165) is 10.4 Å². The topological polar surface area (TPSA) is 12.9 Å². The first-order valence-electron chi connectivity index (χ1n) is 6.03. The number of alkyl halides is 1. The van der Waals surface area contributed by atoms with Crippen LogP contribution in [0, 0.1) is 0 Å². The molecule has 0 unspecified atom stereocenters. The minimum absolute atomic E-state index is 1.15. The van der Waals surface area contributed by atoms with Gasteiger partial charge in [0.2, 0.25) is 0 Å². The number of halogens is 1. The molecule has 1 rings (SSSR count). The molecule has 0 fully saturated rings. The van der Waals surface area contributed by atoms with Crippen molar-refractivity contribution in [2.45, 2.75) is 43.6 Å². The monoisotopic (exact) mass is 301 g/mol. The van der Waals surface area contributed by atoms with Gasteiger partial charge in [0.1, 0.15) is 0 Å². The molecule has 0 atom stereocenters. The Morgan fingerprint density at radius 3 is 2.44 bits per heavy atom. The van der Waals surface area contributed by atoms with Gasteiger partial charge in [-0.2, -0.15) is 0 Å². The van der Waals surface area contributed by atoms with Gasteiger partial charge in [0.25, 0.3) is 0 Å². The van der Waals surface area contributed by atoms with Crippen LogP contribution in [-0.2, 0) is 0 Å². The van der Waals surface area contributed by atoms with E-state index in [1.165, 1.54) is 44.3 Å². The molecule has 16 heavy (non-hydrogen) atoms. The van der Waals surface area contributed by atoms with Crippen LogP contribution in [0.1, 0.15) is 38.5 Å². The van der Waals surface area contributed by atoms with Crippen molar-refractivity contribution in [1.82, 2.24) is 4.98 Å². The first-order chi connectivity index (χ1) is 7.93. The number of pyridine rings is 1. The molecule has 0 N–H and O–H groups in total. The summed E-state index contributed by atoms with van der Waals surface area (Å²) in [5, 5.41) is 2.31. The zero-order chi connectivity index (χ0) is 11.5. The summed E-state index contributed by atoms with van der Waals surface area (Å²) in [7, 11) is 0. The smallest absolute Gasteiger partial charge is 0.0959 e. The van der Waals surface area contributed by atoms with Crippen LogP contribution in [0.2, 0.25) is 0 Å². The molecule has 3 heteroatoms. The van der Waals surface area contributed by atoms with Crippen LogP contribution in [0.15, 0.2) is 29.4 Å². The highest BCUT2D eigenvalue weighted by atomic mass is 79.9. The summed E-state index contributed by atoms with van der Waals surface area (Å²) in [4.78, 5) is 4.29. The molecule has 0 bridgehead atoms. The van der Waals surface area contributed by atoms with Crippen molar-refractivity contribution in [3.05, 3.63) is 24.4 Å². The largest absolute Gasteiger partial charge is 0.250 e. The fraction of sp³-hybridized carbons (Fsp3) is 0.615. The molecule has 0 saturated heterocycles. The first-order valence-corrected chi connectivity index (χ1v) is 8.14. The van der Waals surface area contributed by atoms with Crippen LogP contribution in [0.4, 0.5) is 0 Å². The minimum atomic E-state index is 1.15. The van der Waals surface area contributed by atoms with Crippen molar-refractivity contribution < 1.29 is 0 Å². The molecule has 0 radical (unpaired) electrons. The summed E-state index contributed by atoms with van der Waals surface area (Å²) in [6, 6.07) is 6.10. The molecule has 1 aromatic heterocycles. The van der Waals surface area contributed by atoms with E-state index in [4.69, 9.17) is 0 Å². The number of unbranched alkanes of at least 4 members (excludes halogenated alkanes) is 5. The highest BCUT2D eigenvalue weighted by Gasteiger charge is 1.94. The van der Waals surface area contributed by atoms with Crippen LogP contribution in [-0.4, -0.2) is 16.1 Å². The van der Waals surface area contributed by atoms with E-state index in [9.17, 15) is 0 Å². The third-order valence-corrected chi connectivity index (χ3v) is 4.01. The van der Waals surface area contributed by atoms with Crippen molar-refractivity contribution in [1.29, 1.82) is 0 Å². The second-order valence-electron chi connectivity index (χ2n) is 3.83. The molecule has 90 valence electrons. The van der Waals surface area contributed by atoms with Crippen LogP contribution in [0.25, 0.3) is 0 Å². The Balaban J connectivity index is 1.89. The lowest BCUT2D eigenvalue weighted by Crippen LogP contribution is -1.84. The Labute approximate surface area is 112 Å². The lowest BCUT2D eigenvalue weighted by molar-refractivity contribution is 0.630. The van der Waals surface area contributed by atoms with E-state index in [2.05, 4.69) is 33.0 Å². The number of hydrogen-bond donors (Lipinski definition) is 0. The lowest BCUT2D eigenvalue weighted by atomic mass is 10.1. The zero-order valence-corrected chi connectivity index (χ0v) is 12.1. The van der Waals surface area contributed by atoms with Gasteiger partial charge in [-0.05, 0) is 30.7 Å². The van der Waals surface area contributed by atoms with Crippen LogP contribution in [0.5, 0.6) is 0 Å². The van der Waals surface area contributed by atoms with Gasteiger partial charge in [0.15, 0.2) is 0 Å². The van der Waals surface area contributed by atoms with E-state index in [1.807, 2.05) is 24.0 Å². The predicted molar refractivity (Wildman–Crippen MR) is 76.5 cm³/mol. The van der Waals surface area contributed by atoms with E-state index in [-0.39, 0.29) is 0 Å². The molecule has 0 saturated carbocycles. The molecule has 0 aromatic carbocycles. The van der Waals surface area contributed by atoms with Gasteiger partial charge in [-0.3, -0.25) is 0 Å². The maximum atomic E-state index is 4.29. The molecule has 0 spiro atoms. The molecule has 0 aliphatic heterocycles. The van der Waals surface area contributed by atoms with Crippen LogP contribution in [0.3, 0.4) is 0 Å². The molecule has 1 heterocycles. The van der Waals surface area contributed by atoms with Gasteiger partial charge in [0.05, 0.1) is 5.03 Å². The second-order valence-corrected chi connectivity index (χ2v) is 5.73. The molecular weight excluding hydrogens is 282 g/mol. The summed E-state index contributed by atoms with van der Waals surface area (Å²) >= 11 is 5.33. The third kappa shape index (κ3) is 7.29. The quantitative estimate of drug-likeness (QED) is 0.365. The third-order valence-electron chi connectivity index (χ3n) is 2.42. The minimum Gasteiger partial charge on any atom is -0.250 e. The SMILES string of the molecule is BrCCCCCCCCSc1ccccn1. The summed E-state index contributed by atoms with van der Waals surface area (Å²) in [6.07, 6.45) is 10.0. The Hall–Kier alpha value is -0.0200. The maximum Gasteiger partial charge on any atom is 0.0959 e. The van der Waals surface area contributed by atoms with E-state index in [1.54, 1.807) is 0 Å². The predicted octanol–water partition coefficient (Wildman–Crippen LogP) is 4.91. The van der Waals surface area contributed by atoms with Crippen LogP contribution < -0.4 is 0 Å². The van der Waals surface area contributed by atoms with Crippen molar-refractivity contribution in [3.63, 3.8) is 0 Å². The Morgan fingerprint density at radius 2 is 1.75 bits per heavy atom. The van der Waals surface area contributed by atoms with Gasteiger partial charge in [-0.1, -0.05) is 47.7 Å². The number of aromatic nitrogens is 1. The van der Waals surface area contributed by atoms with Crippen LogP contribution >= 0.6 is 27.7 Å². The highest BCUT2D eigenvalue weighted by molar-refractivity contribution is 9.09. The normalized spacial score (nSPS) is 10.6. The Morgan fingerprint density at radius 1 is 1.00 bits per heavy atom. The standard InChI is InChI=1S/C13H20BrNS/c14-10-6-3-1-2-4-8-12-16-13-9-5-7-11-15-13/h5,7,9,11H,1-4,6,8,10,12H2. The first kappa shape index (κ1) is 14.0. The number of thioether (sulfide) groups is 1. The molecule has 0 aliphatic carbocycles. The number of rotatable bonds is 9. The molecule has 0 amide bonds. The van der Waals surface area contributed by atoms with Crippen molar-refractivity contribution in [3.8, 4) is 0 Å². The molecular formula is C13H20BrNS. The Kier molecular flexibility index (Phi) is 8.91. The molecule has 1 aromatic rings. The lowest BCUT2D eigenvalue weighted by Gasteiger charge is -2.01. The van der Waals surface area contributed by atoms with Crippen molar-refractivity contribution >= 4 is 27.7 Å². The van der Waals surface area contributed by atoms with Gasteiger partial charge in [-0.25, -0.2) is 4.98 Å². The van der Waals surface area contributed by atoms with Gasteiger partial charge >= 0.3 is 0 Å². The summed E-state index contributed by atoms with van der Waals surface area (Å²) in [5.74, 6) is 1.20.